The Morgan fingerprint density at radius 3 is 2.80 bits per heavy atom. The Hall–Kier alpha value is -1.95. The number of pyridine rings is 1. The predicted octanol–water partition coefficient (Wildman–Crippen LogP) is 3.11. The molecule has 0 spiro atoms. The molecular formula is C14H17N3O2S. The molecule has 6 heteroatoms. The molecule has 106 valence electrons. The van der Waals surface area contributed by atoms with Crippen molar-refractivity contribution in [1.29, 1.82) is 0 Å². The van der Waals surface area contributed by atoms with Gasteiger partial charge in [0.05, 0.1) is 12.1 Å². The van der Waals surface area contributed by atoms with Crippen molar-refractivity contribution in [3.63, 3.8) is 0 Å². The van der Waals surface area contributed by atoms with Crippen molar-refractivity contribution in [3.8, 4) is 0 Å². The molecule has 2 heterocycles. The normalized spacial score (nSPS) is 10.5. The van der Waals surface area contributed by atoms with Gasteiger partial charge in [-0.3, -0.25) is 0 Å². The molecule has 2 rings (SSSR count). The lowest BCUT2D eigenvalue weighted by atomic mass is 10.1. The number of carbonyl (C=O) groups is 1. The minimum absolute atomic E-state index is 0.265. The number of hydrogen-bond acceptors (Lipinski definition) is 5. The molecule has 0 saturated heterocycles. The molecule has 5 nitrogen and oxygen atoms in total. The number of aryl methyl sites for hydroxylation is 2. The first-order valence-electron chi connectivity index (χ1n) is 6.47. The van der Waals surface area contributed by atoms with Crippen LogP contribution in [0.4, 0.5) is 5.82 Å². The fraction of sp³-hybridized carbons (Fsp3) is 0.357. The Morgan fingerprint density at radius 1 is 1.40 bits per heavy atom. The van der Waals surface area contributed by atoms with Crippen molar-refractivity contribution >= 4 is 23.1 Å². The minimum Gasteiger partial charge on any atom is -0.478 e. The molecule has 0 atom stereocenters. The molecule has 2 aromatic heterocycles. The van der Waals surface area contributed by atoms with Crippen LogP contribution in [0.1, 0.15) is 40.1 Å². The monoisotopic (exact) mass is 291 g/mol. The summed E-state index contributed by atoms with van der Waals surface area (Å²) in [5.41, 5.74) is 2.05. The van der Waals surface area contributed by atoms with Crippen LogP contribution in [-0.2, 0) is 13.0 Å². The van der Waals surface area contributed by atoms with Gasteiger partial charge in [0.2, 0.25) is 0 Å². The number of rotatable bonds is 6. The van der Waals surface area contributed by atoms with Crippen molar-refractivity contribution < 1.29 is 9.90 Å². The van der Waals surface area contributed by atoms with Crippen molar-refractivity contribution in [2.75, 3.05) is 5.32 Å². The van der Waals surface area contributed by atoms with Gasteiger partial charge in [0, 0.05) is 16.8 Å². The maximum atomic E-state index is 11.1. The highest BCUT2D eigenvalue weighted by atomic mass is 32.1. The van der Waals surface area contributed by atoms with Crippen LogP contribution < -0.4 is 5.32 Å². The quantitative estimate of drug-likeness (QED) is 0.855. The van der Waals surface area contributed by atoms with Crippen LogP contribution in [0.15, 0.2) is 17.5 Å². The molecule has 0 amide bonds. The van der Waals surface area contributed by atoms with Crippen molar-refractivity contribution in [2.45, 2.75) is 33.2 Å². The maximum Gasteiger partial charge on any atom is 0.335 e. The Morgan fingerprint density at radius 2 is 2.20 bits per heavy atom. The number of aromatic carboxylic acids is 1. The van der Waals surface area contributed by atoms with Crippen LogP contribution in [-0.4, -0.2) is 21.0 Å². The van der Waals surface area contributed by atoms with Gasteiger partial charge in [0.1, 0.15) is 10.8 Å². The summed E-state index contributed by atoms with van der Waals surface area (Å²) in [6, 6.07) is 3.19. The van der Waals surface area contributed by atoms with E-state index in [1.54, 1.807) is 23.5 Å². The number of hydrogen-bond donors (Lipinski definition) is 2. The number of thiazole rings is 1. The Bertz CT molecular complexity index is 610. The van der Waals surface area contributed by atoms with Crippen LogP contribution in [0.5, 0.6) is 0 Å². The van der Waals surface area contributed by atoms with Crippen molar-refractivity contribution in [1.82, 2.24) is 9.97 Å². The second kappa shape index (κ2) is 6.47. The zero-order valence-electron chi connectivity index (χ0n) is 11.5. The number of nitrogens with one attached hydrogen (secondary N) is 1. The fourth-order valence-electron chi connectivity index (χ4n) is 1.84. The predicted molar refractivity (Wildman–Crippen MR) is 79.4 cm³/mol. The number of anilines is 1. The maximum absolute atomic E-state index is 11.1. The highest BCUT2D eigenvalue weighted by molar-refractivity contribution is 7.09. The third kappa shape index (κ3) is 3.77. The number of nitrogens with zero attached hydrogens (tertiary/aromatic N) is 2. The molecule has 0 radical (unpaired) electrons. The Kier molecular flexibility index (Phi) is 4.68. The van der Waals surface area contributed by atoms with E-state index in [0.717, 1.165) is 29.2 Å². The average Bonchev–Trinajstić information content (AvgIpc) is 2.82. The van der Waals surface area contributed by atoms with Crippen molar-refractivity contribution in [2.24, 2.45) is 0 Å². The summed E-state index contributed by atoms with van der Waals surface area (Å²) in [4.78, 5) is 19.9. The molecule has 0 saturated carbocycles. The van der Waals surface area contributed by atoms with Crippen LogP contribution in [0, 0.1) is 6.92 Å². The van der Waals surface area contributed by atoms with Crippen LogP contribution in [0.3, 0.4) is 0 Å². The lowest BCUT2D eigenvalue weighted by Gasteiger charge is -2.07. The highest BCUT2D eigenvalue weighted by Gasteiger charge is 2.08. The molecular weight excluding hydrogens is 274 g/mol. The van der Waals surface area contributed by atoms with Crippen LogP contribution in [0.2, 0.25) is 0 Å². The summed E-state index contributed by atoms with van der Waals surface area (Å²) < 4.78 is 0. The van der Waals surface area contributed by atoms with Gasteiger partial charge in [-0.05, 0) is 25.5 Å². The molecule has 2 aromatic rings. The SMILES string of the molecule is CCCc1cc(C(=O)O)cc(NCc2nc(C)cs2)n1. The minimum atomic E-state index is -0.933. The standard InChI is InChI=1S/C14H17N3O2S/c1-3-4-11-5-10(14(18)19)6-12(17-11)15-7-13-16-9(2)8-20-13/h5-6,8H,3-4,7H2,1-2H3,(H,15,17)(H,18,19). The lowest BCUT2D eigenvalue weighted by Crippen LogP contribution is -2.06. The summed E-state index contributed by atoms with van der Waals surface area (Å²) in [5.74, 6) is -0.348. The van der Waals surface area contributed by atoms with Crippen LogP contribution in [0.25, 0.3) is 0 Å². The van der Waals surface area contributed by atoms with E-state index in [9.17, 15) is 4.79 Å². The third-order valence-electron chi connectivity index (χ3n) is 2.72. The number of carboxylic acid groups (broad SMARTS) is 1. The summed E-state index contributed by atoms with van der Waals surface area (Å²) >= 11 is 1.58. The summed E-state index contributed by atoms with van der Waals surface area (Å²) in [7, 11) is 0. The van der Waals surface area contributed by atoms with E-state index < -0.39 is 5.97 Å². The van der Waals surface area contributed by atoms with Gasteiger partial charge in [0.15, 0.2) is 0 Å². The Labute approximate surface area is 121 Å². The highest BCUT2D eigenvalue weighted by Crippen LogP contribution is 2.15. The van der Waals surface area contributed by atoms with E-state index in [1.807, 2.05) is 19.2 Å². The first kappa shape index (κ1) is 14.5. The third-order valence-corrected chi connectivity index (χ3v) is 3.69. The zero-order chi connectivity index (χ0) is 14.5. The zero-order valence-corrected chi connectivity index (χ0v) is 12.3. The molecule has 0 unspecified atom stereocenters. The molecule has 0 bridgehead atoms. The summed E-state index contributed by atoms with van der Waals surface area (Å²) in [5, 5.41) is 15.2. The first-order chi connectivity index (χ1) is 9.58. The van der Waals surface area contributed by atoms with Crippen LogP contribution >= 0.6 is 11.3 Å². The molecule has 0 aromatic carbocycles. The Balaban J connectivity index is 2.15. The number of carboxylic acids is 1. The van der Waals surface area contributed by atoms with E-state index in [1.165, 1.54) is 0 Å². The summed E-state index contributed by atoms with van der Waals surface area (Å²) in [6.07, 6.45) is 1.70. The van der Waals surface area contributed by atoms with E-state index in [2.05, 4.69) is 15.3 Å². The van der Waals surface area contributed by atoms with Gasteiger partial charge >= 0.3 is 5.97 Å². The smallest absolute Gasteiger partial charge is 0.335 e. The number of aromatic nitrogens is 2. The molecule has 0 fully saturated rings. The second-order valence-corrected chi connectivity index (χ2v) is 5.47. The fourth-order valence-corrected chi connectivity index (χ4v) is 2.55. The molecule has 0 aliphatic carbocycles. The largest absolute Gasteiger partial charge is 0.478 e. The molecule has 2 N–H and O–H groups in total. The van der Waals surface area contributed by atoms with Gasteiger partial charge in [-0.1, -0.05) is 13.3 Å². The first-order valence-corrected chi connectivity index (χ1v) is 7.35. The van der Waals surface area contributed by atoms with E-state index in [4.69, 9.17) is 5.11 Å². The summed E-state index contributed by atoms with van der Waals surface area (Å²) in [6.45, 7) is 4.55. The second-order valence-electron chi connectivity index (χ2n) is 4.52. The van der Waals surface area contributed by atoms with Gasteiger partial charge < -0.3 is 10.4 Å². The topological polar surface area (TPSA) is 75.1 Å². The van der Waals surface area contributed by atoms with E-state index >= 15 is 0 Å². The molecule has 20 heavy (non-hydrogen) atoms. The average molecular weight is 291 g/mol. The van der Waals surface area contributed by atoms with Gasteiger partial charge in [-0.25, -0.2) is 14.8 Å². The van der Waals surface area contributed by atoms with E-state index in [-0.39, 0.29) is 5.56 Å². The van der Waals surface area contributed by atoms with Gasteiger partial charge in [-0.15, -0.1) is 11.3 Å². The molecule has 0 aliphatic rings. The van der Waals surface area contributed by atoms with Gasteiger partial charge in [-0.2, -0.15) is 0 Å². The lowest BCUT2D eigenvalue weighted by molar-refractivity contribution is 0.0696. The molecule has 0 aliphatic heterocycles. The van der Waals surface area contributed by atoms with Crippen molar-refractivity contribution in [3.05, 3.63) is 39.5 Å². The van der Waals surface area contributed by atoms with Gasteiger partial charge in [0.25, 0.3) is 0 Å². The van der Waals surface area contributed by atoms with E-state index in [0.29, 0.717) is 12.4 Å².